The van der Waals surface area contributed by atoms with Crippen LogP contribution in [0.4, 0.5) is 0 Å². The van der Waals surface area contributed by atoms with Crippen LogP contribution in [0.5, 0.6) is 0 Å². The van der Waals surface area contributed by atoms with Gasteiger partial charge in [0.15, 0.2) is 5.82 Å². The smallest absolute Gasteiger partial charge is 0.228 e. The van der Waals surface area contributed by atoms with Crippen LogP contribution in [0.3, 0.4) is 0 Å². The van der Waals surface area contributed by atoms with Gasteiger partial charge in [0.2, 0.25) is 5.89 Å². The van der Waals surface area contributed by atoms with Crippen LogP contribution >= 0.6 is 0 Å². The molecule has 1 fully saturated rings. The summed E-state index contributed by atoms with van der Waals surface area (Å²) in [7, 11) is 2.01. The maximum absolute atomic E-state index is 5.48. The molecule has 0 aromatic carbocycles. The summed E-state index contributed by atoms with van der Waals surface area (Å²) in [5.74, 6) is 3.84. The van der Waals surface area contributed by atoms with E-state index in [1.54, 1.807) is 0 Å². The summed E-state index contributed by atoms with van der Waals surface area (Å²) >= 11 is 0. The van der Waals surface area contributed by atoms with E-state index in [0.717, 1.165) is 30.5 Å². The van der Waals surface area contributed by atoms with E-state index in [2.05, 4.69) is 36.2 Å². The highest BCUT2D eigenvalue weighted by molar-refractivity contribution is 4.98. The van der Waals surface area contributed by atoms with Crippen LogP contribution in [0.15, 0.2) is 4.52 Å². The molecule has 1 aromatic heterocycles. The Morgan fingerprint density at radius 1 is 1.24 bits per heavy atom. The molecule has 1 heterocycles. The number of nitrogens with one attached hydrogen (secondary N) is 1. The average molecular weight is 293 g/mol. The quantitative estimate of drug-likeness (QED) is 0.827. The molecular weight excluding hydrogens is 262 g/mol. The minimum absolute atomic E-state index is 0.425. The van der Waals surface area contributed by atoms with Gasteiger partial charge in [-0.25, -0.2) is 0 Å². The van der Waals surface area contributed by atoms with Crippen molar-refractivity contribution in [3.63, 3.8) is 0 Å². The third kappa shape index (κ3) is 4.80. The number of nitrogens with zero attached hydrogens (tertiary/aromatic N) is 2. The number of hydrogen-bond acceptors (Lipinski definition) is 4. The lowest BCUT2D eigenvalue weighted by atomic mass is 9.80. The highest BCUT2D eigenvalue weighted by Gasteiger charge is 2.25. The fourth-order valence-electron chi connectivity index (χ4n) is 3.43. The predicted octanol–water partition coefficient (Wildman–Crippen LogP) is 3.93. The van der Waals surface area contributed by atoms with E-state index in [-0.39, 0.29) is 0 Å². The Morgan fingerprint density at radius 2 is 1.95 bits per heavy atom. The van der Waals surface area contributed by atoms with E-state index in [0.29, 0.717) is 17.9 Å². The van der Waals surface area contributed by atoms with Crippen LogP contribution in [0, 0.1) is 11.8 Å². The first-order valence-corrected chi connectivity index (χ1v) is 8.62. The molecule has 0 saturated heterocycles. The van der Waals surface area contributed by atoms with Crippen molar-refractivity contribution >= 4 is 0 Å². The molecule has 120 valence electrons. The Kier molecular flexibility index (Phi) is 6.22. The Bertz CT molecular complexity index is 408. The number of likely N-dealkylation sites (N-methyl/N-ethyl adjacent to an activating group) is 1. The summed E-state index contributed by atoms with van der Waals surface area (Å²) < 4.78 is 5.48. The van der Waals surface area contributed by atoms with Gasteiger partial charge in [-0.15, -0.1) is 0 Å². The second-order valence-corrected chi connectivity index (χ2v) is 6.99. The van der Waals surface area contributed by atoms with Crippen molar-refractivity contribution in [3.05, 3.63) is 11.7 Å². The largest absolute Gasteiger partial charge is 0.339 e. The topological polar surface area (TPSA) is 51.0 Å². The molecule has 1 saturated carbocycles. The van der Waals surface area contributed by atoms with Crippen LogP contribution in [0.25, 0.3) is 0 Å². The lowest BCUT2D eigenvalue weighted by Crippen LogP contribution is -2.29. The van der Waals surface area contributed by atoms with Gasteiger partial charge in [0.25, 0.3) is 0 Å². The summed E-state index contributed by atoms with van der Waals surface area (Å²) in [6, 6.07) is 0.425. The van der Waals surface area contributed by atoms with Crippen molar-refractivity contribution in [1.29, 1.82) is 0 Å². The summed E-state index contributed by atoms with van der Waals surface area (Å²) in [5.41, 5.74) is 0. The molecular formula is C17H31N3O. The van der Waals surface area contributed by atoms with Crippen molar-refractivity contribution in [2.24, 2.45) is 11.8 Å². The highest BCUT2D eigenvalue weighted by atomic mass is 16.5. The molecule has 0 spiro atoms. The molecule has 2 rings (SSSR count). The first-order valence-electron chi connectivity index (χ1n) is 8.62. The minimum atomic E-state index is 0.425. The van der Waals surface area contributed by atoms with Crippen LogP contribution in [0.2, 0.25) is 0 Å². The third-order valence-electron chi connectivity index (χ3n) is 4.86. The number of hydrogen-bond donors (Lipinski definition) is 1. The monoisotopic (exact) mass is 293 g/mol. The molecule has 1 atom stereocenters. The minimum Gasteiger partial charge on any atom is -0.339 e. The van der Waals surface area contributed by atoms with Gasteiger partial charge in [-0.1, -0.05) is 32.3 Å². The zero-order valence-corrected chi connectivity index (χ0v) is 14.1. The molecule has 1 unspecified atom stereocenters. The SMILES string of the molecule is CCC1CCC(c2noc(CC(CC(C)C)NC)n2)CC1. The lowest BCUT2D eigenvalue weighted by Gasteiger charge is -2.25. The zero-order valence-electron chi connectivity index (χ0n) is 14.1. The standard InChI is InChI=1S/C17H31N3O/c1-5-13-6-8-14(9-7-13)17-19-16(21-20-17)11-15(18-4)10-12(2)3/h12-15,18H,5-11H2,1-4H3. The fraction of sp³-hybridized carbons (Fsp3) is 0.882. The summed E-state index contributed by atoms with van der Waals surface area (Å²) in [4.78, 5) is 4.66. The van der Waals surface area contributed by atoms with Crippen molar-refractivity contribution < 1.29 is 4.52 Å². The van der Waals surface area contributed by atoms with Gasteiger partial charge in [0.05, 0.1) is 0 Å². The van der Waals surface area contributed by atoms with Gasteiger partial charge in [0.1, 0.15) is 0 Å². The number of aromatic nitrogens is 2. The van der Waals surface area contributed by atoms with Gasteiger partial charge < -0.3 is 9.84 Å². The van der Waals surface area contributed by atoms with E-state index in [1.807, 2.05) is 7.05 Å². The third-order valence-corrected chi connectivity index (χ3v) is 4.86. The molecule has 1 aliphatic carbocycles. The maximum atomic E-state index is 5.48. The molecule has 4 nitrogen and oxygen atoms in total. The van der Waals surface area contributed by atoms with Crippen molar-refractivity contribution in [1.82, 2.24) is 15.5 Å². The van der Waals surface area contributed by atoms with Crippen LogP contribution in [-0.2, 0) is 6.42 Å². The second-order valence-electron chi connectivity index (χ2n) is 6.99. The summed E-state index contributed by atoms with van der Waals surface area (Å²) in [6.07, 6.45) is 8.36. The summed E-state index contributed by atoms with van der Waals surface area (Å²) in [5, 5.41) is 7.60. The van der Waals surface area contributed by atoms with Gasteiger partial charge >= 0.3 is 0 Å². The van der Waals surface area contributed by atoms with Gasteiger partial charge in [0, 0.05) is 18.4 Å². The molecule has 4 heteroatoms. The predicted molar refractivity (Wildman–Crippen MR) is 85.3 cm³/mol. The normalized spacial score (nSPS) is 24.4. The molecule has 0 radical (unpaired) electrons. The van der Waals surface area contributed by atoms with Gasteiger partial charge in [-0.3, -0.25) is 0 Å². The molecule has 0 amide bonds. The van der Waals surface area contributed by atoms with Gasteiger partial charge in [-0.05, 0) is 51.0 Å². The zero-order chi connectivity index (χ0) is 15.2. The molecule has 0 bridgehead atoms. The molecule has 21 heavy (non-hydrogen) atoms. The molecule has 0 aliphatic heterocycles. The van der Waals surface area contributed by atoms with Crippen molar-refractivity contribution in [2.75, 3.05) is 7.05 Å². The van der Waals surface area contributed by atoms with E-state index in [1.165, 1.54) is 32.1 Å². The lowest BCUT2D eigenvalue weighted by molar-refractivity contribution is 0.301. The van der Waals surface area contributed by atoms with Crippen molar-refractivity contribution in [2.45, 2.75) is 77.7 Å². The molecule has 1 N–H and O–H groups in total. The molecule has 1 aliphatic rings. The fourth-order valence-corrected chi connectivity index (χ4v) is 3.43. The summed E-state index contributed by atoms with van der Waals surface area (Å²) in [6.45, 7) is 6.79. The van der Waals surface area contributed by atoms with Crippen LogP contribution < -0.4 is 5.32 Å². The maximum Gasteiger partial charge on any atom is 0.228 e. The highest BCUT2D eigenvalue weighted by Crippen LogP contribution is 2.35. The Balaban J connectivity index is 1.89. The first-order chi connectivity index (χ1) is 10.1. The van der Waals surface area contributed by atoms with Crippen LogP contribution in [0.1, 0.15) is 76.9 Å². The van der Waals surface area contributed by atoms with Crippen LogP contribution in [-0.4, -0.2) is 23.2 Å². The Morgan fingerprint density at radius 3 is 2.52 bits per heavy atom. The van der Waals surface area contributed by atoms with Gasteiger partial charge in [-0.2, -0.15) is 4.98 Å². The van der Waals surface area contributed by atoms with Crippen molar-refractivity contribution in [3.8, 4) is 0 Å². The van der Waals surface area contributed by atoms with E-state index in [9.17, 15) is 0 Å². The van der Waals surface area contributed by atoms with E-state index in [4.69, 9.17) is 4.52 Å². The average Bonchev–Trinajstić information content (AvgIpc) is 2.94. The first kappa shape index (κ1) is 16.5. The second kappa shape index (κ2) is 7.92. The Hall–Kier alpha value is -0.900. The number of rotatable bonds is 7. The molecule has 1 aromatic rings. The van der Waals surface area contributed by atoms with E-state index >= 15 is 0 Å². The Labute approximate surface area is 129 Å². The van der Waals surface area contributed by atoms with E-state index < -0.39 is 0 Å².